The molecule has 0 amide bonds. The van der Waals surface area contributed by atoms with Crippen molar-refractivity contribution in [1.82, 2.24) is 15.0 Å². The Kier molecular flexibility index (Phi) is 5.22. The standard InChI is InChI=1S/C41H24N4O/c1-2-11-25(12-3-1)33-24-34(26-21-22-38-31(23-26)28-14-6-9-20-37(28)46-38)44-41(43-33)45-35-18-8-5-15-30(35)40-39-29(16-10-19-36(39)45)27-13-4-7-17-32(27)42-40/h1-24H. The Balaban J connectivity index is 1.26. The maximum atomic E-state index is 6.14. The second-order valence-electron chi connectivity index (χ2n) is 11.6. The number of hydrogen-bond donors (Lipinski definition) is 0. The van der Waals surface area contributed by atoms with Crippen molar-refractivity contribution < 1.29 is 4.42 Å². The molecule has 0 bridgehead atoms. The first-order chi connectivity index (χ1) is 22.8. The van der Waals surface area contributed by atoms with Crippen molar-refractivity contribution in [3.05, 3.63) is 146 Å². The third-order valence-corrected chi connectivity index (χ3v) is 9.00. The number of anilines is 3. The SMILES string of the molecule is c1ccc(-c2cc(-c3ccc4oc5ccccc5c4c3)nc(N3c4ccccc4-c4nc5ccccc5c5cccc3c45)n2)cc1. The van der Waals surface area contributed by atoms with E-state index in [1.54, 1.807) is 0 Å². The van der Waals surface area contributed by atoms with Gasteiger partial charge in [0.05, 0.1) is 34.0 Å². The van der Waals surface area contributed by atoms with Crippen molar-refractivity contribution in [1.29, 1.82) is 0 Å². The highest BCUT2D eigenvalue weighted by Gasteiger charge is 2.30. The lowest BCUT2D eigenvalue weighted by atomic mass is 9.93. The smallest absolute Gasteiger partial charge is 0.235 e. The summed E-state index contributed by atoms with van der Waals surface area (Å²) in [5.74, 6) is 0.604. The van der Waals surface area contributed by atoms with Gasteiger partial charge < -0.3 is 4.42 Å². The van der Waals surface area contributed by atoms with Crippen LogP contribution < -0.4 is 4.90 Å². The van der Waals surface area contributed by atoms with Crippen LogP contribution in [0.25, 0.3) is 77.4 Å². The Morgan fingerprint density at radius 2 is 1.15 bits per heavy atom. The van der Waals surface area contributed by atoms with Crippen molar-refractivity contribution >= 4 is 60.9 Å². The molecular formula is C41H24N4O. The van der Waals surface area contributed by atoms with Crippen molar-refractivity contribution in [2.75, 3.05) is 4.90 Å². The van der Waals surface area contributed by atoms with Crippen molar-refractivity contribution in [2.24, 2.45) is 0 Å². The van der Waals surface area contributed by atoms with Crippen LogP contribution in [0, 0.1) is 0 Å². The highest BCUT2D eigenvalue weighted by molar-refractivity contribution is 6.19. The molecule has 0 atom stereocenters. The van der Waals surface area contributed by atoms with Crippen molar-refractivity contribution in [2.45, 2.75) is 0 Å². The van der Waals surface area contributed by atoms with E-state index in [1.807, 2.05) is 48.5 Å². The fourth-order valence-corrected chi connectivity index (χ4v) is 6.91. The van der Waals surface area contributed by atoms with Crippen molar-refractivity contribution in [3.63, 3.8) is 0 Å². The average Bonchev–Trinajstić information content (AvgIpc) is 3.50. The molecule has 6 aromatic carbocycles. The molecule has 3 aromatic heterocycles. The summed E-state index contributed by atoms with van der Waals surface area (Å²) >= 11 is 0. The predicted octanol–water partition coefficient (Wildman–Crippen LogP) is 10.9. The maximum absolute atomic E-state index is 6.14. The van der Waals surface area contributed by atoms with E-state index in [0.717, 1.165) is 88.8 Å². The Morgan fingerprint density at radius 3 is 2.07 bits per heavy atom. The minimum absolute atomic E-state index is 0.604. The topological polar surface area (TPSA) is 55.1 Å². The van der Waals surface area contributed by atoms with Gasteiger partial charge in [-0.2, -0.15) is 0 Å². The van der Waals surface area contributed by atoms with E-state index in [0.29, 0.717) is 5.95 Å². The molecule has 0 aliphatic carbocycles. The predicted molar refractivity (Wildman–Crippen MR) is 187 cm³/mol. The first-order valence-electron chi connectivity index (χ1n) is 15.4. The van der Waals surface area contributed by atoms with Crippen LogP contribution in [-0.4, -0.2) is 15.0 Å². The summed E-state index contributed by atoms with van der Waals surface area (Å²) in [6, 6.07) is 50.1. The van der Waals surface area contributed by atoms with E-state index in [9.17, 15) is 0 Å². The molecule has 0 N–H and O–H groups in total. The van der Waals surface area contributed by atoms with Crippen LogP contribution in [0.2, 0.25) is 0 Å². The normalized spacial score (nSPS) is 12.3. The highest BCUT2D eigenvalue weighted by atomic mass is 16.3. The summed E-state index contributed by atoms with van der Waals surface area (Å²) in [6.07, 6.45) is 0. The number of para-hydroxylation sites is 3. The number of fused-ring (bicyclic) bond motifs is 7. The summed E-state index contributed by atoms with van der Waals surface area (Å²) in [6.45, 7) is 0. The second kappa shape index (κ2) is 9.58. The van der Waals surface area contributed by atoms with Gasteiger partial charge in [0.25, 0.3) is 0 Å². The maximum Gasteiger partial charge on any atom is 0.235 e. The molecule has 1 aliphatic heterocycles. The lowest BCUT2D eigenvalue weighted by molar-refractivity contribution is 0.669. The van der Waals surface area contributed by atoms with Gasteiger partial charge in [0.1, 0.15) is 11.2 Å². The first-order valence-corrected chi connectivity index (χ1v) is 15.4. The van der Waals surface area contributed by atoms with Gasteiger partial charge in [-0.15, -0.1) is 0 Å². The summed E-state index contributed by atoms with van der Waals surface area (Å²) < 4.78 is 6.14. The van der Waals surface area contributed by atoms with Gasteiger partial charge in [-0.25, -0.2) is 15.0 Å². The fourth-order valence-electron chi connectivity index (χ4n) is 6.91. The van der Waals surface area contributed by atoms with Crippen LogP contribution in [0.4, 0.5) is 17.3 Å². The Labute approximate surface area is 264 Å². The summed E-state index contributed by atoms with van der Waals surface area (Å²) in [5.41, 5.74) is 10.5. The minimum Gasteiger partial charge on any atom is -0.456 e. The largest absolute Gasteiger partial charge is 0.456 e. The quantitative estimate of drug-likeness (QED) is 0.192. The van der Waals surface area contributed by atoms with E-state index >= 15 is 0 Å². The number of pyridine rings is 1. The zero-order chi connectivity index (χ0) is 30.2. The fraction of sp³-hybridized carbons (Fsp3) is 0. The van der Waals surface area contributed by atoms with E-state index < -0.39 is 0 Å². The first kappa shape index (κ1) is 25.0. The zero-order valence-corrected chi connectivity index (χ0v) is 24.6. The molecule has 10 rings (SSSR count). The summed E-state index contributed by atoms with van der Waals surface area (Å²) in [7, 11) is 0. The molecule has 0 spiro atoms. The molecule has 0 radical (unpaired) electrons. The molecule has 46 heavy (non-hydrogen) atoms. The van der Waals surface area contributed by atoms with Gasteiger partial charge >= 0.3 is 0 Å². The summed E-state index contributed by atoms with van der Waals surface area (Å²) in [4.78, 5) is 18.0. The molecule has 0 saturated carbocycles. The molecule has 0 unspecified atom stereocenters. The average molecular weight is 589 g/mol. The van der Waals surface area contributed by atoms with Crippen LogP contribution >= 0.6 is 0 Å². The summed E-state index contributed by atoms with van der Waals surface area (Å²) in [5, 5.41) is 5.54. The number of nitrogens with zero attached hydrogens (tertiary/aromatic N) is 4. The van der Waals surface area contributed by atoms with E-state index in [-0.39, 0.29) is 0 Å². The number of hydrogen-bond acceptors (Lipinski definition) is 5. The molecule has 5 heteroatoms. The highest BCUT2D eigenvalue weighted by Crippen LogP contribution is 2.51. The van der Waals surface area contributed by atoms with Crippen LogP contribution in [0.1, 0.15) is 0 Å². The molecule has 214 valence electrons. The van der Waals surface area contributed by atoms with Gasteiger partial charge in [0.15, 0.2) is 0 Å². The van der Waals surface area contributed by atoms with E-state index in [4.69, 9.17) is 19.4 Å². The van der Waals surface area contributed by atoms with Crippen LogP contribution in [0.15, 0.2) is 150 Å². The molecule has 0 saturated heterocycles. The van der Waals surface area contributed by atoms with Crippen LogP contribution in [0.5, 0.6) is 0 Å². The van der Waals surface area contributed by atoms with Gasteiger partial charge in [-0.05, 0) is 53.9 Å². The Bertz CT molecular complexity index is 2660. The molecule has 4 heterocycles. The minimum atomic E-state index is 0.604. The van der Waals surface area contributed by atoms with Gasteiger partial charge in [0, 0.05) is 38.2 Å². The third-order valence-electron chi connectivity index (χ3n) is 9.00. The van der Waals surface area contributed by atoms with E-state index in [1.165, 1.54) is 0 Å². The van der Waals surface area contributed by atoms with Crippen LogP contribution in [-0.2, 0) is 0 Å². The third kappa shape index (κ3) is 3.66. The van der Waals surface area contributed by atoms with Gasteiger partial charge in [0.2, 0.25) is 5.95 Å². The number of rotatable bonds is 3. The second-order valence-corrected chi connectivity index (χ2v) is 11.6. The molecular weight excluding hydrogens is 564 g/mol. The molecule has 0 fully saturated rings. The van der Waals surface area contributed by atoms with Gasteiger partial charge in [-0.1, -0.05) is 97.1 Å². The number of aromatic nitrogens is 3. The lowest BCUT2D eigenvalue weighted by Crippen LogP contribution is -2.18. The molecule has 5 nitrogen and oxygen atoms in total. The number of furan rings is 1. The van der Waals surface area contributed by atoms with Gasteiger partial charge in [-0.3, -0.25) is 4.90 Å². The number of benzene rings is 6. The Hall–Kier alpha value is -6.33. The zero-order valence-electron chi connectivity index (χ0n) is 24.6. The van der Waals surface area contributed by atoms with E-state index in [2.05, 4.69) is 102 Å². The molecule has 1 aliphatic rings. The Morgan fingerprint density at radius 1 is 0.457 bits per heavy atom. The lowest BCUT2D eigenvalue weighted by Gasteiger charge is -2.32. The monoisotopic (exact) mass is 588 g/mol. The molecule has 9 aromatic rings. The van der Waals surface area contributed by atoms with Crippen molar-refractivity contribution in [3.8, 4) is 33.8 Å². The van der Waals surface area contributed by atoms with Crippen LogP contribution in [0.3, 0.4) is 0 Å².